The Balaban J connectivity index is 2.53. The minimum Gasteiger partial charge on any atom is -0.495 e. The Morgan fingerprint density at radius 2 is 2.00 bits per heavy atom. The van der Waals surface area contributed by atoms with E-state index >= 15 is 0 Å². The number of ether oxygens (including phenoxy) is 1. The maximum Gasteiger partial charge on any atom is 0.235 e. The zero-order chi connectivity index (χ0) is 17.2. The Morgan fingerprint density at radius 3 is 2.61 bits per heavy atom. The SMILES string of the molecule is COc1ccc(-c2cc(Br)cnc2N)cc1NS(=O)(=O)C(C)C. The third-order valence-corrected chi connectivity index (χ3v) is 5.45. The average molecular weight is 400 g/mol. The number of aromatic nitrogens is 1. The topological polar surface area (TPSA) is 94.3 Å². The van der Waals surface area contributed by atoms with Crippen LogP contribution in [0.1, 0.15) is 13.8 Å². The third kappa shape index (κ3) is 3.94. The fourth-order valence-corrected chi connectivity index (χ4v) is 2.94. The van der Waals surface area contributed by atoms with Crippen LogP contribution in [0.2, 0.25) is 0 Å². The minimum atomic E-state index is -3.49. The summed E-state index contributed by atoms with van der Waals surface area (Å²) in [4.78, 5) is 4.09. The van der Waals surface area contributed by atoms with E-state index in [1.165, 1.54) is 7.11 Å². The molecule has 0 spiro atoms. The predicted octanol–water partition coefficient (Wildman–Crippen LogP) is 3.25. The number of hydrogen-bond donors (Lipinski definition) is 2. The molecule has 0 saturated carbocycles. The highest BCUT2D eigenvalue weighted by atomic mass is 79.9. The number of sulfonamides is 1. The van der Waals surface area contributed by atoms with Crippen LogP contribution >= 0.6 is 15.9 Å². The summed E-state index contributed by atoms with van der Waals surface area (Å²) in [6, 6.07) is 6.99. The molecule has 0 bridgehead atoms. The molecule has 0 saturated heterocycles. The number of hydrogen-bond acceptors (Lipinski definition) is 5. The fraction of sp³-hybridized carbons (Fsp3) is 0.267. The lowest BCUT2D eigenvalue weighted by molar-refractivity contribution is 0.417. The molecule has 1 heterocycles. The Kier molecular flexibility index (Phi) is 5.16. The van der Waals surface area contributed by atoms with Crippen LogP contribution in [-0.4, -0.2) is 25.8 Å². The molecule has 23 heavy (non-hydrogen) atoms. The van der Waals surface area contributed by atoms with E-state index in [1.807, 2.05) is 6.07 Å². The summed E-state index contributed by atoms with van der Waals surface area (Å²) in [5.74, 6) is 0.788. The number of benzene rings is 1. The molecule has 6 nitrogen and oxygen atoms in total. The van der Waals surface area contributed by atoms with Gasteiger partial charge in [-0.15, -0.1) is 0 Å². The van der Waals surface area contributed by atoms with Crippen molar-refractivity contribution in [3.8, 4) is 16.9 Å². The molecule has 0 radical (unpaired) electrons. The van der Waals surface area contributed by atoms with Gasteiger partial charge in [-0.25, -0.2) is 13.4 Å². The molecule has 0 aliphatic rings. The second-order valence-electron chi connectivity index (χ2n) is 5.20. The number of nitrogen functional groups attached to an aromatic ring is 1. The quantitative estimate of drug-likeness (QED) is 0.804. The summed E-state index contributed by atoms with van der Waals surface area (Å²) in [6.07, 6.45) is 1.60. The summed E-state index contributed by atoms with van der Waals surface area (Å²) in [7, 11) is -2.00. The number of pyridine rings is 1. The van der Waals surface area contributed by atoms with Crippen molar-refractivity contribution in [2.24, 2.45) is 0 Å². The number of halogens is 1. The van der Waals surface area contributed by atoms with E-state index in [2.05, 4.69) is 25.6 Å². The lowest BCUT2D eigenvalue weighted by atomic mass is 10.1. The molecule has 1 aromatic carbocycles. The predicted molar refractivity (Wildman–Crippen MR) is 96.0 cm³/mol. The van der Waals surface area contributed by atoms with Gasteiger partial charge in [0.2, 0.25) is 10.0 Å². The van der Waals surface area contributed by atoms with Crippen molar-refractivity contribution in [2.75, 3.05) is 17.6 Å². The van der Waals surface area contributed by atoms with Gasteiger partial charge < -0.3 is 10.5 Å². The van der Waals surface area contributed by atoms with Crippen LogP contribution in [-0.2, 0) is 10.0 Å². The van der Waals surface area contributed by atoms with E-state index < -0.39 is 15.3 Å². The van der Waals surface area contributed by atoms with E-state index in [9.17, 15) is 8.42 Å². The molecule has 124 valence electrons. The Bertz CT molecular complexity index is 823. The summed E-state index contributed by atoms with van der Waals surface area (Å²) in [5, 5.41) is -0.562. The van der Waals surface area contributed by atoms with Gasteiger partial charge in [0, 0.05) is 16.2 Å². The first-order valence-electron chi connectivity index (χ1n) is 6.85. The molecular weight excluding hydrogens is 382 g/mol. The summed E-state index contributed by atoms with van der Waals surface area (Å²) >= 11 is 3.35. The highest BCUT2D eigenvalue weighted by Gasteiger charge is 2.18. The molecule has 0 unspecified atom stereocenters. The van der Waals surface area contributed by atoms with Crippen molar-refractivity contribution in [3.63, 3.8) is 0 Å². The van der Waals surface area contributed by atoms with Gasteiger partial charge in [0.05, 0.1) is 18.0 Å². The van der Waals surface area contributed by atoms with Gasteiger partial charge in [-0.2, -0.15) is 0 Å². The molecule has 1 aromatic heterocycles. The van der Waals surface area contributed by atoms with Gasteiger partial charge in [0.15, 0.2) is 0 Å². The Hall–Kier alpha value is -1.80. The van der Waals surface area contributed by atoms with Crippen molar-refractivity contribution in [1.29, 1.82) is 0 Å². The molecule has 0 fully saturated rings. The largest absolute Gasteiger partial charge is 0.495 e. The lowest BCUT2D eigenvalue weighted by Crippen LogP contribution is -2.22. The smallest absolute Gasteiger partial charge is 0.235 e. The fourth-order valence-electron chi connectivity index (χ4n) is 1.91. The molecular formula is C15H18BrN3O3S. The van der Waals surface area contributed by atoms with E-state index in [1.54, 1.807) is 38.2 Å². The average Bonchev–Trinajstić information content (AvgIpc) is 2.49. The van der Waals surface area contributed by atoms with Crippen LogP contribution < -0.4 is 15.2 Å². The van der Waals surface area contributed by atoms with E-state index in [0.717, 1.165) is 10.0 Å². The van der Waals surface area contributed by atoms with Gasteiger partial charge in [0.25, 0.3) is 0 Å². The van der Waals surface area contributed by atoms with E-state index in [-0.39, 0.29) is 0 Å². The monoisotopic (exact) mass is 399 g/mol. The van der Waals surface area contributed by atoms with Crippen LogP contribution in [0.5, 0.6) is 5.75 Å². The minimum absolute atomic E-state index is 0.357. The lowest BCUT2D eigenvalue weighted by Gasteiger charge is -2.15. The number of nitrogens with two attached hydrogens (primary N) is 1. The number of methoxy groups -OCH3 is 1. The summed E-state index contributed by atoms with van der Waals surface area (Å²) in [6.45, 7) is 3.21. The maximum absolute atomic E-state index is 12.1. The number of anilines is 2. The van der Waals surface area contributed by atoms with Crippen LogP contribution in [0.3, 0.4) is 0 Å². The highest BCUT2D eigenvalue weighted by Crippen LogP contribution is 2.34. The molecule has 0 atom stereocenters. The second-order valence-corrected chi connectivity index (χ2v) is 8.35. The molecule has 3 N–H and O–H groups in total. The van der Waals surface area contributed by atoms with E-state index in [4.69, 9.17) is 10.5 Å². The van der Waals surface area contributed by atoms with Gasteiger partial charge in [-0.1, -0.05) is 6.07 Å². The van der Waals surface area contributed by atoms with Gasteiger partial charge in [-0.3, -0.25) is 4.72 Å². The van der Waals surface area contributed by atoms with Crippen LogP contribution in [0.4, 0.5) is 11.5 Å². The van der Waals surface area contributed by atoms with Crippen molar-refractivity contribution in [1.82, 2.24) is 4.98 Å². The Labute approximate surface area is 144 Å². The van der Waals surface area contributed by atoms with Crippen LogP contribution in [0.15, 0.2) is 34.9 Å². The normalized spacial score (nSPS) is 11.5. The number of rotatable bonds is 5. The van der Waals surface area contributed by atoms with Gasteiger partial charge >= 0.3 is 0 Å². The number of nitrogens with one attached hydrogen (secondary N) is 1. The molecule has 2 rings (SSSR count). The van der Waals surface area contributed by atoms with E-state index in [0.29, 0.717) is 22.8 Å². The summed E-state index contributed by atoms with van der Waals surface area (Å²) in [5.41, 5.74) is 7.71. The van der Waals surface area contributed by atoms with Crippen LogP contribution in [0.25, 0.3) is 11.1 Å². The Morgan fingerprint density at radius 1 is 1.30 bits per heavy atom. The highest BCUT2D eigenvalue weighted by molar-refractivity contribution is 9.10. The van der Waals surface area contributed by atoms with Crippen molar-refractivity contribution < 1.29 is 13.2 Å². The molecule has 8 heteroatoms. The van der Waals surface area contributed by atoms with Crippen molar-refractivity contribution >= 4 is 37.5 Å². The first-order chi connectivity index (χ1) is 10.7. The zero-order valence-electron chi connectivity index (χ0n) is 13.0. The molecule has 0 amide bonds. The second kappa shape index (κ2) is 6.76. The summed E-state index contributed by atoms with van der Waals surface area (Å²) < 4.78 is 32.8. The first kappa shape index (κ1) is 17.6. The molecule has 0 aliphatic carbocycles. The maximum atomic E-state index is 12.1. The molecule has 0 aliphatic heterocycles. The van der Waals surface area contributed by atoms with Crippen molar-refractivity contribution in [3.05, 3.63) is 34.9 Å². The first-order valence-corrected chi connectivity index (χ1v) is 9.19. The molecule has 2 aromatic rings. The standard InChI is InChI=1S/C15H18BrN3O3S/c1-9(2)23(20,21)19-13-6-10(4-5-14(13)22-3)12-7-11(16)8-18-15(12)17/h4-9,19H,1-3H3,(H2,17,18). The zero-order valence-corrected chi connectivity index (χ0v) is 15.4. The third-order valence-electron chi connectivity index (χ3n) is 3.27. The van der Waals surface area contributed by atoms with Crippen LogP contribution in [0, 0.1) is 0 Å². The van der Waals surface area contributed by atoms with Gasteiger partial charge in [0.1, 0.15) is 11.6 Å². The number of nitrogens with zero attached hydrogens (tertiary/aromatic N) is 1. The van der Waals surface area contributed by atoms with Crippen molar-refractivity contribution in [2.45, 2.75) is 19.1 Å². The van der Waals surface area contributed by atoms with Gasteiger partial charge in [-0.05, 0) is 53.5 Å².